The zero-order chi connectivity index (χ0) is 18.7. The van der Waals surface area contributed by atoms with E-state index in [1.54, 1.807) is 29.3 Å². The standard InChI is InChI=1S/C20H19ClN2O3/c1-13(24)23-10-9-14-5-3-4-6-16(14)18(23)12-20(25)22-17-11-15(21)7-8-19(17)26-2/h3-11,18H,12H2,1-2H3,(H,22,25). The first-order valence-electron chi connectivity index (χ1n) is 8.19. The van der Waals surface area contributed by atoms with Crippen molar-refractivity contribution in [2.45, 2.75) is 19.4 Å². The Bertz CT molecular complexity index is 879. The maximum atomic E-state index is 12.7. The lowest BCUT2D eigenvalue weighted by molar-refractivity contribution is -0.129. The van der Waals surface area contributed by atoms with E-state index in [2.05, 4.69) is 5.32 Å². The number of benzene rings is 2. The van der Waals surface area contributed by atoms with Crippen LogP contribution >= 0.6 is 11.6 Å². The Hall–Kier alpha value is -2.79. The van der Waals surface area contributed by atoms with Gasteiger partial charge in [0.05, 0.1) is 25.3 Å². The summed E-state index contributed by atoms with van der Waals surface area (Å²) in [4.78, 5) is 26.3. The van der Waals surface area contributed by atoms with Crippen LogP contribution in [-0.4, -0.2) is 23.8 Å². The highest BCUT2D eigenvalue weighted by Gasteiger charge is 2.28. The van der Waals surface area contributed by atoms with E-state index in [0.717, 1.165) is 11.1 Å². The summed E-state index contributed by atoms with van der Waals surface area (Å²) in [6.45, 7) is 1.49. The van der Waals surface area contributed by atoms with Crippen LogP contribution in [0.1, 0.15) is 30.5 Å². The minimum absolute atomic E-state index is 0.117. The molecule has 1 aliphatic heterocycles. The average molecular weight is 371 g/mol. The minimum Gasteiger partial charge on any atom is -0.495 e. The maximum absolute atomic E-state index is 12.7. The summed E-state index contributed by atoms with van der Waals surface area (Å²) in [5, 5.41) is 3.33. The molecule has 0 saturated carbocycles. The normalized spacial score (nSPS) is 15.3. The van der Waals surface area contributed by atoms with Crippen molar-refractivity contribution in [1.29, 1.82) is 0 Å². The number of nitrogens with one attached hydrogen (secondary N) is 1. The Morgan fingerprint density at radius 1 is 1.23 bits per heavy atom. The number of hydrogen-bond acceptors (Lipinski definition) is 3. The quantitative estimate of drug-likeness (QED) is 0.875. The molecule has 2 amide bonds. The number of ether oxygens (including phenoxy) is 1. The van der Waals surface area contributed by atoms with Gasteiger partial charge in [0, 0.05) is 18.1 Å². The molecule has 2 aromatic carbocycles. The molecule has 6 heteroatoms. The van der Waals surface area contributed by atoms with E-state index in [4.69, 9.17) is 16.3 Å². The van der Waals surface area contributed by atoms with Crippen LogP contribution in [0.4, 0.5) is 5.69 Å². The largest absolute Gasteiger partial charge is 0.495 e. The number of rotatable bonds is 4. The monoisotopic (exact) mass is 370 g/mol. The van der Waals surface area contributed by atoms with Gasteiger partial charge >= 0.3 is 0 Å². The smallest absolute Gasteiger partial charge is 0.226 e. The fraction of sp³-hybridized carbons (Fsp3) is 0.200. The summed E-state index contributed by atoms with van der Waals surface area (Å²) in [5.74, 6) is 0.177. The van der Waals surface area contributed by atoms with Crippen LogP contribution in [0.25, 0.3) is 6.08 Å². The van der Waals surface area contributed by atoms with Crippen molar-refractivity contribution in [3.63, 3.8) is 0 Å². The predicted octanol–water partition coefficient (Wildman–Crippen LogP) is 4.25. The molecule has 0 radical (unpaired) electrons. The number of halogens is 1. The first kappa shape index (κ1) is 18.0. The highest BCUT2D eigenvalue weighted by molar-refractivity contribution is 6.31. The van der Waals surface area contributed by atoms with Gasteiger partial charge in [0.2, 0.25) is 11.8 Å². The highest BCUT2D eigenvalue weighted by atomic mass is 35.5. The number of anilines is 1. The predicted molar refractivity (Wildman–Crippen MR) is 102 cm³/mol. The minimum atomic E-state index is -0.362. The molecular weight excluding hydrogens is 352 g/mol. The van der Waals surface area contributed by atoms with E-state index in [9.17, 15) is 9.59 Å². The van der Waals surface area contributed by atoms with E-state index in [1.807, 2.05) is 30.3 Å². The van der Waals surface area contributed by atoms with Gasteiger partial charge in [-0.25, -0.2) is 0 Å². The van der Waals surface area contributed by atoms with Crippen LogP contribution in [0.15, 0.2) is 48.7 Å². The molecule has 1 aliphatic rings. The molecule has 0 saturated heterocycles. The third-order valence-corrected chi connectivity index (χ3v) is 4.52. The molecule has 1 unspecified atom stereocenters. The maximum Gasteiger partial charge on any atom is 0.226 e. The Kier molecular flexibility index (Phi) is 5.28. The van der Waals surface area contributed by atoms with Crippen molar-refractivity contribution >= 4 is 35.2 Å². The number of nitrogens with zero attached hydrogens (tertiary/aromatic N) is 1. The fourth-order valence-corrected chi connectivity index (χ4v) is 3.24. The van der Waals surface area contributed by atoms with E-state index < -0.39 is 0 Å². The van der Waals surface area contributed by atoms with Gasteiger partial charge in [-0.3, -0.25) is 9.59 Å². The molecule has 0 spiro atoms. The summed E-state index contributed by atoms with van der Waals surface area (Å²) >= 11 is 6.01. The summed E-state index contributed by atoms with van der Waals surface area (Å²) in [5.41, 5.74) is 2.44. The van der Waals surface area contributed by atoms with Gasteiger partial charge < -0.3 is 15.0 Å². The Morgan fingerprint density at radius 2 is 2.00 bits per heavy atom. The molecule has 0 bridgehead atoms. The number of carbonyl (C=O) groups excluding carboxylic acids is 2. The highest BCUT2D eigenvalue weighted by Crippen LogP contribution is 2.34. The second-order valence-corrected chi connectivity index (χ2v) is 6.42. The lowest BCUT2D eigenvalue weighted by atomic mass is 9.93. The zero-order valence-corrected chi connectivity index (χ0v) is 15.3. The SMILES string of the molecule is COc1ccc(Cl)cc1NC(=O)CC1c2ccccc2C=CN1C(C)=O. The van der Waals surface area contributed by atoms with Gasteiger partial charge in [-0.1, -0.05) is 35.9 Å². The van der Waals surface area contributed by atoms with Crippen LogP contribution in [0.3, 0.4) is 0 Å². The molecule has 1 heterocycles. The molecule has 2 aromatic rings. The molecular formula is C20H19ClN2O3. The molecule has 26 heavy (non-hydrogen) atoms. The van der Waals surface area contributed by atoms with Gasteiger partial charge in [-0.2, -0.15) is 0 Å². The molecule has 5 nitrogen and oxygen atoms in total. The zero-order valence-electron chi connectivity index (χ0n) is 14.5. The second-order valence-electron chi connectivity index (χ2n) is 5.98. The van der Waals surface area contributed by atoms with Crippen LogP contribution in [0.2, 0.25) is 5.02 Å². The van der Waals surface area contributed by atoms with Gasteiger partial charge in [0.1, 0.15) is 5.75 Å². The average Bonchev–Trinajstić information content (AvgIpc) is 2.62. The van der Waals surface area contributed by atoms with Crippen molar-refractivity contribution in [1.82, 2.24) is 4.90 Å². The van der Waals surface area contributed by atoms with Crippen molar-refractivity contribution in [3.05, 3.63) is 64.8 Å². The topological polar surface area (TPSA) is 58.6 Å². The van der Waals surface area contributed by atoms with Crippen molar-refractivity contribution in [2.75, 3.05) is 12.4 Å². The van der Waals surface area contributed by atoms with E-state index >= 15 is 0 Å². The van der Waals surface area contributed by atoms with Crippen LogP contribution in [0, 0.1) is 0 Å². The molecule has 0 aliphatic carbocycles. The fourth-order valence-electron chi connectivity index (χ4n) is 3.07. The van der Waals surface area contributed by atoms with Crippen LogP contribution < -0.4 is 10.1 Å². The number of carbonyl (C=O) groups is 2. The summed E-state index contributed by atoms with van der Waals surface area (Å²) in [6, 6.07) is 12.4. The Labute approximate surface area is 157 Å². The molecule has 1 N–H and O–H groups in total. The number of hydrogen-bond donors (Lipinski definition) is 1. The van der Waals surface area contributed by atoms with Gasteiger partial charge in [-0.15, -0.1) is 0 Å². The summed E-state index contributed by atoms with van der Waals surface area (Å²) in [6.07, 6.45) is 3.73. The summed E-state index contributed by atoms with van der Waals surface area (Å²) in [7, 11) is 1.53. The number of fused-ring (bicyclic) bond motifs is 1. The lowest BCUT2D eigenvalue weighted by Crippen LogP contribution is -2.33. The van der Waals surface area contributed by atoms with Crippen LogP contribution in [0.5, 0.6) is 5.75 Å². The van der Waals surface area contributed by atoms with Crippen LogP contribution in [-0.2, 0) is 9.59 Å². The van der Waals surface area contributed by atoms with Gasteiger partial charge in [0.15, 0.2) is 0 Å². The van der Waals surface area contributed by atoms with E-state index in [0.29, 0.717) is 16.5 Å². The number of methoxy groups -OCH3 is 1. The third kappa shape index (κ3) is 3.73. The second kappa shape index (κ2) is 7.62. The van der Waals surface area contributed by atoms with Gasteiger partial charge in [-0.05, 0) is 35.4 Å². The lowest BCUT2D eigenvalue weighted by Gasteiger charge is -2.32. The van der Waals surface area contributed by atoms with Crippen molar-refractivity contribution < 1.29 is 14.3 Å². The molecule has 134 valence electrons. The summed E-state index contributed by atoms with van der Waals surface area (Å²) < 4.78 is 5.26. The Balaban J connectivity index is 1.84. The van der Waals surface area contributed by atoms with E-state index in [-0.39, 0.29) is 24.3 Å². The van der Waals surface area contributed by atoms with E-state index in [1.165, 1.54) is 14.0 Å². The molecule has 0 fully saturated rings. The Morgan fingerprint density at radius 3 is 2.73 bits per heavy atom. The number of amides is 2. The molecule has 0 aromatic heterocycles. The first-order valence-corrected chi connectivity index (χ1v) is 8.57. The molecule has 1 atom stereocenters. The van der Waals surface area contributed by atoms with Crippen molar-refractivity contribution in [2.24, 2.45) is 0 Å². The molecule has 3 rings (SSSR count). The van der Waals surface area contributed by atoms with Gasteiger partial charge in [0.25, 0.3) is 0 Å². The third-order valence-electron chi connectivity index (χ3n) is 4.28. The first-order chi connectivity index (χ1) is 12.5. The van der Waals surface area contributed by atoms with Crippen molar-refractivity contribution in [3.8, 4) is 5.75 Å².